The number of hydrogen-bond donors (Lipinski definition) is 1. The monoisotopic (exact) mass is 425 g/mol. The maximum atomic E-state index is 12.9. The van der Waals surface area contributed by atoms with Crippen LogP contribution in [0.2, 0.25) is 5.02 Å². The molecule has 0 saturated carbocycles. The normalized spacial score (nSPS) is 18.4. The molecule has 2 aromatic carbocycles. The highest BCUT2D eigenvalue weighted by atomic mass is 35.5. The number of aryl methyl sites for hydroxylation is 2. The highest BCUT2D eigenvalue weighted by Crippen LogP contribution is 2.43. The average molecular weight is 426 g/mol. The van der Waals surface area contributed by atoms with Gasteiger partial charge in [0.05, 0.1) is 11.6 Å². The lowest BCUT2D eigenvalue weighted by Crippen LogP contribution is -2.29. The molecule has 1 atom stereocenters. The van der Waals surface area contributed by atoms with Gasteiger partial charge in [0.1, 0.15) is 10.8 Å². The van der Waals surface area contributed by atoms with Gasteiger partial charge in [0.25, 0.3) is 5.78 Å². The smallest absolute Gasteiger partial charge is 0.301 e. The van der Waals surface area contributed by atoms with Crippen LogP contribution in [0.25, 0.3) is 5.76 Å². The number of benzene rings is 2. The van der Waals surface area contributed by atoms with Crippen LogP contribution in [0.1, 0.15) is 27.7 Å². The Morgan fingerprint density at radius 1 is 1.03 bits per heavy atom. The third-order valence-electron chi connectivity index (χ3n) is 4.68. The van der Waals surface area contributed by atoms with Crippen LogP contribution < -0.4 is 4.90 Å². The van der Waals surface area contributed by atoms with Gasteiger partial charge in [0.15, 0.2) is 0 Å². The van der Waals surface area contributed by atoms with Crippen LogP contribution in [0, 0.1) is 13.8 Å². The van der Waals surface area contributed by atoms with Crippen molar-refractivity contribution < 1.29 is 14.7 Å². The van der Waals surface area contributed by atoms with E-state index < -0.39 is 17.7 Å². The Labute approximate surface area is 176 Å². The molecule has 3 aromatic rings. The summed E-state index contributed by atoms with van der Waals surface area (Å²) in [4.78, 5) is 27.1. The van der Waals surface area contributed by atoms with Crippen molar-refractivity contribution in [1.29, 1.82) is 0 Å². The minimum atomic E-state index is -0.832. The van der Waals surface area contributed by atoms with Crippen molar-refractivity contribution >= 4 is 45.5 Å². The summed E-state index contributed by atoms with van der Waals surface area (Å²) >= 11 is 7.22. The first-order chi connectivity index (χ1) is 13.9. The van der Waals surface area contributed by atoms with E-state index in [0.29, 0.717) is 26.3 Å². The Bertz CT molecular complexity index is 1140. The topological polar surface area (TPSA) is 83.4 Å². The van der Waals surface area contributed by atoms with Gasteiger partial charge in [-0.2, -0.15) is 0 Å². The van der Waals surface area contributed by atoms with E-state index in [-0.39, 0.29) is 11.3 Å². The summed E-state index contributed by atoms with van der Waals surface area (Å²) in [5.74, 6) is -1.75. The van der Waals surface area contributed by atoms with Crippen LogP contribution in [0.3, 0.4) is 0 Å². The molecule has 1 aliphatic rings. The number of hydrogen-bond acceptors (Lipinski definition) is 6. The number of halogens is 1. The second-order valence-corrected chi connectivity index (χ2v) is 8.29. The largest absolute Gasteiger partial charge is 0.507 e. The van der Waals surface area contributed by atoms with Crippen molar-refractivity contribution in [3.8, 4) is 0 Å². The summed E-state index contributed by atoms with van der Waals surface area (Å²) in [5, 5.41) is 20.5. The lowest BCUT2D eigenvalue weighted by atomic mass is 9.95. The van der Waals surface area contributed by atoms with Crippen LogP contribution in [-0.4, -0.2) is 27.0 Å². The molecule has 4 rings (SSSR count). The second kappa shape index (κ2) is 7.42. The first-order valence-electron chi connectivity index (χ1n) is 8.80. The summed E-state index contributed by atoms with van der Waals surface area (Å²) in [7, 11) is 0. The second-order valence-electron chi connectivity index (χ2n) is 6.69. The van der Waals surface area contributed by atoms with Crippen LogP contribution in [0.15, 0.2) is 54.1 Å². The highest BCUT2D eigenvalue weighted by Gasteiger charge is 2.48. The number of ketones is 1. The number of anilines is 1. The molecule has 146 valence electrons. The van der Waals surface area contributed by atoms with Crippen LogP contribution in [0.4, 0.5) is 5.13 Å². The van der Waals surface area contributed by atoms with Gasteiger partial charge in [-0.3, -0.25) is 14.5 Å². The van der Waals surface area contributed by atoms with Gasteiger partial charge in [0, 0.05) is 10.6 Å². The minimum absolute atomic E-state index is 0.00836. The van der Waals surface area contributed by atoms with E-state index in [9.17, 15) is 14.7 Å². The van der Waals surface area contributed by atoms with Crippen molar-refractivity contribution in [1.82, 2.24) is 10.2 Å². The predicted octanol–water partition coefficient (Wildman–Crippen LogP) is 4.43. The standard InChI is InChI=1S/C21H16ClN3O3S/c1-11-3-5-14(6-4-11)18(26)16-17(13-7-9-15(22)10-8-13)25(20(28)19(16)27)21-24-23-12(2)29-21/h3-10,17,26H,1-2H3/b18-16-. The number of aliphatic hydroxyl groups excluding tert-OH is 1. The van der Waals surface area contributed by atoms with Crippen molar-refractivity contribution in [2.45, 2.75) is 19.9 Å². The van der Waals surface area contributed by atoms with Crippen molar-refractivity contribution in [3.63, 3.8) is 0 Å². The van der Waals surface area contributed by atoms with Crippen molar-refractivity contribution in [2.75, 3.05) is 4.90 Å². The van der Waals surface area contributed by atoms with Gasteiger partial charge < -0.3 is 5.11 Å². The average Bonchev–Trinajstić information content (AvgIpc) is 3.24. The van der Waals surface area contributed by atoms with Crippen LogP contribution >= 0.6 is 22.9 Å². The summed E-state index contributed by atoms with van der Waals surface area (Å²) < 4.78 is 0. The molecular formula is C21H16ClN3O3S. The van der Waals surface area contributed by atoms with E-state index in [4.69, 9.17) is 11.6 Å². The molecule has 8 heteroatoms. The first-order valence-corrected chi connectivity index (χ1v) is 10.00. The summed E-state index contributed by atoms with van der Waals surface area (Å²) in [6, 6.07) is 13.1. The number of aliphatic hydroxyl groups is 1. The molecule has 0 radical (unpaired) electrons. The number of rotatable bonds is 3. The molecule has 29 heavy (non-hydrogen) atoms. The Hall–Kier alpha value is -3.03. The molecule has 1 fully saturated rings. The summed E-state index contributed by atoms with van der Waals surface area (Å²) in [6.45, 7) is 3.69. The predicted molar refractivity (Wildman–Crippen MR) is 112 cm³/mol. The lowest BCUT2D eigenvalue weighted by Gasteiger charge is -2.22. The van der Waals surface area contributed by atoms with E-state index in [1.807, 2.05) is 19.1 Å². The zero-order chi connectivity index (χ0) is 20.7. The number of carbonyl (C=O) groups excluding carboxylic acids is 2. The third-order valence-corrected chi connectivity index (χ3v) is 5.77. The molecule has 2 heterocycles. The maximum Gasteiger partial charge on any atom is 0.301 e. The zero-order valence-electron chi connectivity index (χ0n) is 15.6. The molecule has 1 unspecified atom stereocenters. The SMILES string of the molecule is Cc1ccc(/C(O)=C2/C(=O)C(=O)N(c3nnc(C)s3)C2c2ccc(Cl)cc2)cc1. The summed E-state index contributed by atoms with van der Waals surface area (Å²) in [6.07, 6.45) is 0. The van der Waals surface area contributed by atoms with E-state index in [1.165, 1.54) is 16.2 Å². The van der Waals surface area contributed by atoms with E-state index in [2.05, 4.69) is 10.2 Å². The van der Waals surface area contributed by atoms with Gasteiger partial charge in [-0.15, -0.1) is 10.2 Å². The highest BCUT2D eigenvalue weighted by molar-refractivity contribution is 7.15. The molecule has 0 spiro atoms. The lowest BCUT2D eigenvalue weighted by molar-refractivity contribution is -0.132. The number of carbonyl (C=O) groups is 2. The molecular weight excluding hydrogens is 410 g/mol. The van der Waals surface area contributed by atoms with E-state index in [0.717, 1.165) is 5.56 Å². The molecule has 1 N–H and O–H groups in total. The quantitative estimate of drug-likeness (QED) is 0.381. The minimum Gasteiger partial charge on any atom is -0.507 e. The van der Waals surface area contributed by atoms with Gasteiger partial charge >= 0.3 is 5.91 Å². The Balaban J connectivity index is 1.93. The number of amides is 1. The molecule has 1 aromatic heterocycles. The Morgan fingerprint density at radius 2 is 1.69 bits per heavy atom. The number of nitrogens with zero attached hydrogens (tertiary/aromatic N) is 3. The van der Waals surface area contributed by atoms with Gasteiger partial charge in [-0.1, -0.05) is 64.9 Å². The van der Waals surface area contributed by atoms with Gasteiger partial charge in [-0.25, -0.2) is 0 Å². The molecule has 0 aliphatic carbocycles. The van der Waals surface area contributed by atoms with Crippen LogP contribution in [0.5, 0.6) is 0 Å². The molecule has 1 amide bonds. The maximum absolute atomic E-state index is 12.9. The van der Waals surface area contributed by atoms with Crippen LogP contribution in [-0.2, 0) is 9.59 Å². The first kappa shape index (κ1) is 19.3. The van der Waals surface area contributed by atoms with Crippen molar-refractivity contribution in [3.05, 3.63) is 80.8 Å². The Kier molecular flexibility index (Phi) is 4.94. The fourth-order valence-corrected chi connectivity index (χ4v) is 4.08. The number of Topliss-reactive ketones (excluding diaryl/α,β-unsaturated/α-hetero) is 1. The molecule has 6 nitrogen and oxygen atoms in total. The van der Waals surface area contributed by atoms with E-state index >= 15 is 0 Å². The van der Waals surface area contributed by atoms with Gasteiger partial charge in [-0.05, 0) is 31.5 Å². The van der Waals surface area contributed by atoms with Gasteiger partial charge in [0.2, 0.25) is 5.13 Å². The molecule has 1 aliphatic heterocycles. The molecule has 0 bridgehead atoms. The number of aromatic nitrogens is 2. The fourth-order valence-electron chi connectivity index (χ4n) is 3.24. The van der Waals surface area contributed by atoms with E-state index in [1.54, 1.807) is 43.3 Å². The fraction of sp³-hybridized carbons (Fsp3) is 0.143. The summed E-state index contributed by atoms with van der Waals surface area (Å²) in [5.41, 5.74) is 2.12. The Morgan fingerprint density at radius 3 is 2.28 bits per heavy atom. The van der Waals surface area contributed by atoms with Crippen molar-refractivity contribution in [2.24, 2.45) is 0 Å². The third kappa shape index (κ3) is 3.43. The molecule has 1 saturated heterocycles. The zero-order valence-corrected chi connectivity index (χ0v) is 17.2.